The summed E-state index contributed by atoms with van der Waals surface area (Å²) in [5.74, 6) is 0. The normalized spacial score (nSPS) is 12.6. The van der Waals surface area contributed by atoms with E-state index in [2.05, 4.69) is 6.07 Å². The zero-order valence-corrected chi connectivity index (χ0v) is 31.9. The molecule has 0 radical (unpaired) electrons. The number of rotatable bonds is 8. The summed E-state index contributed by atoms with van der Waals surface area (Å²) in [7, 11) is -10.1. The third kappa shape index (κ3) is 6.36. The lowest BCUT2D eigenvalue weighted by Crippen LogP contribution is -2.28. The average Bonchev–Trinajstić information content (AvgIpc) is 3.25. The van der Waals surface area contributed by atoms with Crippen LogP contribution in [0.3, 0.4) is 0 Å². The maximum absolute atomic E-state index is 14.9. The van der Waals surface area contributed by atoms with Crippen LogP contribution in [0.25, 0.3) is 65.7 Å². The van der Waals surface area contributed by atoms with Gasteiger partial charge in [0.15, 0.2) is 0 Å². The van der Waals surface area contributed by atoms with Gasteiger partial charge in [0.25, 0.3) is 0 Å². The highest BCUT2D eigenvalue weighted by atomic mass is 32.3. The number of halogens is 3. The van der Waals surface area contributed by atoms with Crippen molar-refractivity contribution >= 4 is 52.7 Å². The molecule has 0 spiro atoms. The molecule has 9 rings (SSSR count). The molecule has 0 N–H and O–H groups in total. The van der Waals surface area contributed by atoms with E-state index in [1.807, 2.05) is 133 Å². The summed E-state index contributed by atoms with van der Waals surface area (Å²) in [6.45, 7) is 0. The van der Waals surface area contributed by atoms with Gasteiger partial charge in [0.05, 0.1) is 0 Å². The molecule has 0 heterocycles. The molecule has 0 aliphatic carbocycles. The Morgan fingerprint density at radius 1 is 0.386 bits per heavy atom. The zero-order valence-electron chi connectivity index (χ0n) is 30.2. The Hall–Kier alpha value is -6.19. The van der Waals surface area contributed by atoms with E-state index in [1.165, 1.54) is 0 Å². The summed E-state index contributed by atoms with van der Waals surface area (Å²) in [5.41, 5.74) is -1.51. The molecular weight excluding hydrogens is 758 g/mol. The second kappa shape index (κ2) is 14.4. The molecular formula is C49H33F3O3S2. The molecule has 0 amide bonds. The second-order valence-corrected chi connectivity index (χ2v) is 18.0. The lowest BCUT2D eigenvalue weighted by atomic mass is 9.88. The molecule has 0 aromatic heterocycles. The molecule has 0 bridgehead atoms. The van der Waals surface area contributed by atoms with Crippen molar-refractivity contribution in [1.82, 2.24) is 0 Å². The fraction of sp³-hybridized carbons (Fsp3) is 0.0204. The molecule has 9 aromatic carbocycles. The standard InChI is InChI=1S/C49H33F3O3S2/c50-49(51,52)57(53,54)55-56(38-22-3-1-4-23-38,39-24-5-2-6-25-39)48-46(44-30-14-20-35-17-8-11-27-41(35)44)32-37(43-29-13-19-34-16-7-10-26-40(34)43)33-47(48)45-31-15-21-36-18-9-12-28-42(36)45/h1-33H. The topological polar surface area (TPSA) is 43.4 Å². The number of fused-ring (bicyclic) bond motifs is 3. The van der Waals surface area contributed by atoms with E-state index in [0.717, 1.165) is 43.4 Å². The monoisotopic (exact) mass is 790 g/mol. The molecule has 57 heavy (non-hydrogen) atoms. The van der Waals surface area contributed by atoms with Crippen molar-refractivity contribution in [3.05, 3.63) is 200 Å². The highest BCUT2D eigenvalue weighted by Gasteiger charge is 2.53. The number of benzene rings is 9. The van der Waals surface area contributed by atoms with Crippen molar-refractivity contribution in [1.29, 1.82) is 0 Å². The van der Waals surface area contributed by atoms with E-state index in [9.17, 15) is 21.6 Å². The fourth-order valence-electron chi connectivity index (χ4n) is 7.77. The number of hydrogen-bond acceptors (Lipinski definition) is 3. The van der Waals surface area contributed by atoms with Crippen LogP contribution in [-0.2, 0) is 13.7 Å². The number of hydrogen-bond donors (Lipinski definition) is 0. The molecule has 9 aromatic rings. The largest absolute Gasteiger partial charge is 0.524 e. The minimum atomic E-state index is -6.24. The predicted molar refractivity (Wildman–Crippen MR) is 227 cm³/mol. The van der Waals surface area contributed by atoms with Crippen LogP contribution in [0.4, 0.5) is 13.2 Å². The first-order chi connectivity index (χ1) is 27.7. The predicted octanol–water partition coefficient (Wildman–Crippen LogP) is 14.2. The van der Waals surface area contributed by atoms with E-state index in [-0.39, 0.29) is 9.79 Å². The van der Waals surface area contributed by atoms with Gasteiger partial charge in [-0.2, -0.15) is 25.2 Å². The minimum absolute atomic E-state index is 0.282. The van der Waals surface area contributed by atoms with E-state index in [1.54, 1.807) is 60.7 Å². The van der Waals surface area contributed by atoms with E-state index in [0.29, 0.717) is 27.1 Å². The van der Waals surface area contributed by atoms with Crippen LogP contribution in [0, 0.1) is 0 Å². The zero-order chi connectivity index (χ0) is 39.2. The Balaban J connectivity index is 1.57. The van der Waals surface area contributed by atoms with Gasteiger partial charge in [-0.15, -0.1) is 0 Å². The SMILES string of the molecule is O=S(=O)(OS(c1ccccc1)(c1ccccc1)c1c(-c2cccc3ccccc23)cc(-c2cccc3ccccc23)cc1-c1cccc2ccccc12)C(F)(F)F. The third-order valence-corrected chi connectivity index (χ3v) is 15.2. The van der Waals surface area contributed by atoms with Crippen LogP contribution in [0.15, 0.2) is 215 Å². The van der Waals surface area contributed by atoms with Gasteiger partial charge in [-0.1, -0.05) is 164 Å². The van der Waals surface area contributed by atoms with Crippen molar-refractivity contribution in [3.63, 3.8) is 0 Å². The summed E-state index contributed by atoms with van der Waals surface area (Å²) in [5, 5.41) is 5.51. The molecule has 3 nitrogen and oxygen atoms in total. The molecule has 0 unspecified atom stereocenters. The number of alkyl halides is 3. The Morgan fingerprint density at radius 3 is 1.16 bits per heavy atom. The van der Waals surface area contributed by atoms with Gasteiger partial charge in [0.2, 0.25) is 0 Å². The molecule has 0 fully saturated rings. The van der Waals surface area contributed by atoms with E-state index >= 15 is 0 Å². The second-order valence-electron chi connectivity index (χ2n) is 13.6. The first-order valence-electron chi connectivity index (χ1n) is 18.2. The van der Waals surface area contributed by atoms with Crippen LogP contribution in [-0.4, -0.2) is 13.9 Å². The third-order valence-electron chi connectivity index (χ3n) is 10.3. The van der Waals surface area contributed by atoms with Gasteiger partial charge in [-0.3, -0.25) is 0 Å². The maximum atomic E-state index is 14.9. The highest BCUT2D eigenvalue weighted by molar-refractivity contribution is 8.33. The van der Waals surface area contributed by atoms with Crippen LogP contribution < -0.4 is 0 Å². The van der Waals surface area contributed by atoms with Crippen LogP contribution in [0.5, 0.6) is 0 Å². The maximum Gasteiger partial charge on any atom is 0.524 e. The molecule has 0 aliphatic rings. The molecule has 0 saturated carbocycles. The fourth-order valence-corrected chi connectivity index (χ4v) is 12.8. The minimum Gasteiger partial charge on any atom is -0.200 e. The van der Waals surface area contributed by atoms with Crippen molar-refractivity contribution in [2.45, 2.75) is 20.2 Å². The van der Waals surface area contributed by atoms with Crippen molar-refractivity contribution in [2.24, 2.45) is 0 Å². The van der Waals surface area contributed by atoms with Crippen molar-refractivity contribution in [3.8, 4) is 33.4 Å². The first kappa shape index (κ1) is 36.4. The smallest absolute Gasteiger partial charge is 0.200 e. The van der Waals surface area contributed by atoms with Crippen LogP contribution >= 0.6 is 10.3 Å². The Kier molecular flexibility index (Phi) is 9.20. The van der Waals surface area contributed by atoms with Crippen LogP contribution in [0.1, 0.15) is 0 Å². The summed E-state index contributed by atoms with van der Waals surface area (Å²) >= 11 is 0. The summed E-state index contributed by atoms with van der Waals surface area (Å²) < 4.78 is 78.4. The van der Waals surface area contributed by atoms with Gasteiger partial charge in [-0.05, 0) is 112 Å². The molecule has 280 valence electrons. The summed E-state index contributed by atoms with van der Waals surface area (Å²) in [6, 6.07) is 62.3. The van der Waals surface area contributed by atoms with Gasteiger partial charge in [0, 0.05) is 14.7 Å². The van der Waals surface area contributed by atoms with Gasteiger partial charge >= 0.3 is 15.6 Å². The first-order valence-corrected chi connectivity index (χ1v) is 21.2. The Bertz CT molecular complexity index is 2900. The van der Waals surface area contributed by atoms with Crippen LogP contribution in [0.2, 0.25) is 0 Å². The molecule has 8 heteroatoms. The molecule has 0 atom stereocenters. The van der Waals surface area contributed by atoms with Crippen molar-refractivity contribution < 1.29 is 25.2 Å². The van der Waals surface area contributed by atoms with Crippen molar-refractivity contribution in [2.75, 3.05) is 0 Å². The lowest BCUT2D eigenvalue weighted by molar-refractivity contribution is -0.0496. The van der Waals surface area contributed by atoms with Gasteiger partial charge in [0.1, 0.15) is 0 Å². The summed E-state index contributed by atoms with van der Waals surface area (Å²) in [6.07, 6.45) is 0. The Labute approximate surface area is 330 Å². The van der Waals surface area contributed by atoms with Gasteiger partial charge < -0.3 is 0 Å². The average molecular weight is 791 g/mol. The van der Waals surface area contributed by atoms with E-state index in [4.69, 9.17) is 3.63 Å². The summed E-state index contributed by atoms with van der Waals surface area (Å²) in [4.78, 5) is 0.888. The Morgan fingerprint density at radius 2 is 0.737 bits per heavy atom. The quantitative estimate of drug-likeness (QED) is 0.144. The highest BCUT2D eigenvalue weighted by Crippen LogP contribution is 2.74. The molecule has 0 aliphatic heterocycles. The van der Waals surface area contributed by atoms with E-state index < -0.39 is 25.9 Å². The lowest BCUT2D eigenvalue weighted by Gasteiger charge is -2.42. The molecule has 0 saturated heterocycles. The van der Waals surface area contributed by atoms with Gasteiger partial charge in [-0.25, -0.2) is 0 Å².